The van der Waals surface area contributed by atoms with E-state index in [-0.39, 0.29) is 0 Å². The second-order valence-electron chi connectivity index (χ2n) is 8.26. The molecular formula is C25H27N5OS. The first-order valence-corrected chi connectivity index (χ1v) is 11.8. The molecule has 0 aliphatic carbocycles. The van der Waals surface area contributed by atoms with E-state index in [1.807, 2.05) is 35.0 Å². The molecule has 6 nitrogen and oxygen atoms in total. The van der Waals surface area contributed by atoms with Gasteiger partial charge in [-0.2, -0.15) is 0 Å². The van der Waals surface area contributed by atoms with Crippen LogP contribution < -0.4 is 10.1 Å². The van der Waals surface area contributed by atoms with Gasteiger partial charge in [0.15, 0.2) is 5.13 Å². The molecular weight excluding hydrogens is 418 g/mol. The quantitative estimate of drug-likeness (QED) is 0.409. The Bertz CT molecular complexity index is 1110. The van der Waals surface area contributed by atoms with E-state index in [1.165, 1.54) is 25.9 Å². The van der Waals surface area contributed by atoms with Gasteiger partial charge in [-0.15, -0.1) is 11.3 Å². The Balaban J connectivity index is 1.16. The maximum atomic E-state index is 6.02. The molecule has 0 atom stereocenters. The number of benzene rings is 2. The summed E-state index contributed by atoms with van der Waals surface area (Å²) < 4.78 is 8.00. The number of thiazole rings is 1. The van der Waals surface area contributed by atoms with Gasteiger partial charge in [0.1, 0.15) is 5.75 Å². The molecule has 2 aromatic carbocycles. The van der Waals surface area contributed by atoms with Crippen LogP contribution in [0.1, 0.15) is 12.8 Å². The molecule has 0 saturated carbocycles. The van der Waals surface area contributed by atoms with E-state index in [9.17, 15) is 0 Å². The highest BCUT2D eigenvalue weighted by Crippen LogP contribution is 2.28. The van der Waals surface area contributed by atoms with Gasteiger partial charge in [-0.1, -0.05) is 12.1 Å². The van der Waals surface area contributed by atoms with Crippen molar-refractivity contribution < 1.29 is 4.74 Å². The monoisotopic (exact) mass is 445 g/mol. The number of imidazole rings is 1. The molecule has 0 bridgehead atoms. The summed E-state index contributed by atoms with van der Waals surface area (Å²) in [5.74, 6) is 1.58. The Hall–Kier alpha value is -3.16. The van der Waals surface area contributed by atoms with Crippen LogP contribution in [0.3, 0.4) is 0 Å². The molecule has 4 aromatic rings. The van der Waals surface area contributed by atoms with Gasteiger partial charge in [0, 0.05) is 34.7 Å². The van der Waals surface area contributed by atoms with Crippen LogP contribution in [0.25, 0.3) is 16.9 Å². The minimum absolute atomic E-state index is 0.659. The van der Waals surface area contributed by atoms with Crippen molar-refractivity contribution in [1.29, 1.82) is 0 Å². The number of piperidine rings is 1. The topological polar surface area (TPSA) is 55.2 Å². The largest absolute Gasteiger partial charge is 0.493 e. The van der Waals surface area contributed by atoms with Crippen LogP contribution in [0, 0.1) is 5.92 Å². The van der Waals surface area contributed by atoms with E-state index in [4.69, 9.17) is 9.72 Å². The normalized spacial score (nSPS) is 15.0. The summed E-state index contributed by atoms with van der Waals surface area (Å²) >= 11 is 1.60. The molecule has 32 heavy (non-hydrogen) atoms. The Kier molecular flexibility index (Phi) is 6.18. The number of anilines is 2. The van der Waals surface area contributed by atoms with Gasteiger partial charge in [0.2, 0.25) is 0 Å². The van der Waals surface area contributed by atoms with Crippen molar-refractivity contribution in [2.75, 3.05) is 32.1 Å². The molecule has 0 radical (unpaired) electrons. The first-order chi connectivity index (χ1) is 15.7. The minimum atomic E-state index is 0.659. The first-order valence-electron chi connectivity index (χ1n) is 11.0. The number of hydrogen-bond acceptors (Lipinski definition) is 6. The summed E-state index contributed by atoms with van der Waals surface area (Å²) in [6.07, 6.45) is 7.94. The standard InChI is InChI=1S/C25H27N5OS/c1-29-13-10-19(11-14-29)16-31-23-8-4-21(5-9-23)27-25-28-24(17-32-25)20-2-6-22(7-3-20)30-15-12-26-18-30/h2-9,12,15,17-19H,10-11,13-14,16H2,1H3,(H,27,28). The van der Waals surface area contributed by atoms with E-state index in [2.05, 4.69) is 51.9 Å². The molecule has 0 amide bonds. The lowest BCUT2D eigenvalue weighted by Gasteiger charge is -2.28. The fourth-order valence-electron chi connectivity index (χ4n) is 3.88. The highest BCUT2D eigenvalue weighted by Gasteiger charge is 2.17. The fraction of sp³-hybridized carbons (Fsp3) is 0.280. The third kappa shape index (κ3) is 5.00. The summed E-state index contributed by atoms with van der Waals surface area (Å²) in [4.78, 5) is 11.2. The van der Waals surface area contributed by atoms with Gasteiger partial charge in [-0.3, -0.25) is 0 Å². The number of nitrogens with one attached hydrogen (secondary N) is 1. The molecule has 0 unspecified atom stereocenters. The average molecular weight is 446 g/mol. The molecule has 1 N–H and O–H groups in total. The van der Waals surface area contributed by atoms with E-state index in [1.54, 1.807) is 23.9 Å². The van der Waals surface area contributed by atoms with Crippen molar-refractivity contribution in [3.05, 3.63) is 72.6 Å². The Morgan fingerprint density at radius 2 is 1.84 bits per heavy atom. The van der Waals surface area contributed by atoms with E-state index < -0.39 is 0 Å². The van der Waals surface area contributed by atoms with Gasteiger partial charge in [-0.25, -0.2) is 9.97 Å². The second kappa shape index (κ2) is 9.54. The zero-order valence-corrected chi connectivity index (χ0v) is 19.0. The molecule has 1 aliphatic heterocycles. The lowest BCUT2D eigenvalue weighted by molar-refractivity contribution is 0.160. The zero-order chi connectivity index (χ0) is 21.8. The lowest BCUT2D eigenvalue weighted by atomic mass is 9.98. The molecule has 1 aliphatic rings. The van der Waals surface area contributed by atoms with Crippen LogP contribution in [-0.4, -0.2) is 46.2 Å². The van der Waals surface area contributed by atoms with Crippen LogP contribution in [0.4, 0.5) is 10.8 Å². The number of aromatic nitrogens is 3. The highest BCUT2D eigenvalue weighted by atomic mass is 32.1. The third-order valence-corrected chi connectivity index (χ3v) is 6.66. The lowest BCUT2D eigenvalue weighted by Crippen LogP contribution is -2.32. The summed E-state index contributed by atoms with van der Waals surface area (Å²) in [5.41, 5.74) is 4.15. The minimum Gasteiger partial charge on any atom is -0.493 e. The second-order valence-corrected chi connectivity index (χ2v) is 9.12. The van der Waals surface area contributed by atoms with Gasteiger partial charge in [0.05, 0.1) is 18.6 Å². The Labute approximate surface area is 192 Å². The maximum absolute atomic E-state index is 6.02. The van der Waals surface area contributed by atoms with Crippen molar-refractivity contribution in [1.82, 2.24) is 19.4 Å². The smallest absolute Gasteiger partial charge is 0.187 e. The summed E-state index contributed by atoms with van der Waals surface area (Å²) in [6.45, 7) is 3.14. The number of nitrogens with zero attached hydrogens (tertiary/aromatic N) is 4. The predicted molar refractivity (Wildman–Crippen MR) is 130 cm³/mol. The maximum Gasteiger partial charge on any atom is 0.187 e. The molecule has 5 rings (SSSR count). The SMILES string of the molecule is CN1CCC(COc2ccc(Nc3nc(-c4ccc(-n5ccnc5)cc4)cs3)cc2)CC1. The third-order valence-electron chi connectivity index (χ3n) is 5.90. The molecule has 164 valence electrons. The van der Waals surface area contributed by atoms with Gasteiger partial charge in [-0.05, 0) is 75.3 Å². The molecule has 1 saturated heterocycles. The number of rotatable bonds is 7. The van der Waals surface area contributed by atoms with Crippen LogP contribution in [-0.2, 0) is 0 Å². The predicted octanol–water partition coefficient (Wildman–Crippen LogP) is 5.46. The number of likely N-dealkylation sites (tertiary alicyclic amines) is 1. The summed E-state index contributed by atoms with van der Waals surface area (Å²) in [7, 11) is 2.19. The average Bonchev–Trinajstić information content (AvgIpc) is 3.53. The summed E-state index contributed by atoms with van der Waals surface area (Å²) in [5, 5.41) is 6.35. The highest BCUT2D eigenvalue weighted by molar-refractivity contribution is 7.14. The van der Waals surface area contributed by atoms with E-state index >= 15 is 0 Å². The number of hydrogen-bond donors (Lipinski definition) is 1. The zero-order valence-electron chi connectivity index (χ0n) is 18.1. The van der Waals surface area contributed by atoms with Crippen molar-refractivity contribution >= 4 is 22.2 Å². The van der Waals surface area contributed by atoms with Gasteiger partial charge < -0.3 is 19.5 Å². The molecule has 3 heterocycles. The molecule has 0 spiro atoms. The fourth-order valence-corrected chi connectivity index (χ4v) is 4.62. The molecule has 7 heteroatoms. The van der Waals surface area contributed by atoms with Crippen molar-refractivity contribution in [3.8, 4) is 22.7 Å². The molecule has 1 fully saturated rings. The van der Waals surface area contributed by atoms with Crippen molar-refractivity contribution in [3.63, 3.8) is 0 Å². The van der Waals surface area contributed by atoms with Crippen LogP contribution >= 0.6 is 11.3 Å². The van der Waals surface area contributed by atoms with Gasteiger partial charge >= 0.3 is 0 Å². The summed E-state index contributed by atoms with van der Waals surface area (Å²) in [6, 6.07) is 16.5. The Morgan fingerprint density at radius 1 is 1.06 bits per heavy atom. The van der Waals surface area contributed by atoms with E-state index in [0.29, 0.717) is 5.92 Å². The first kappa shape index (κ1) is 20.7. The van der Waals surface area contributed by atoms with Gasteiger partial charge in [0.25, 0.3) is 0 Å². The van der Waals surface area contributed by atoms with Crippen LogP contribution in [0.5, 0.6) is 5.75 Å². The van der Waals surface area contributed by atoms with Crippen LogP contribution in [0.15, 0.2) is 72.6 Å². The van der Waals surface area contributed by atoms with E-state index in [0.717, 1.165) is 40.1 Å². The van der Waals surface area contributed by atoms with Crippen molar-refractivity contribution in [2.45, 2.75) is 12.8 Å². The molecule has 2 aromatic heterocycles. The van der Waals surface area contributed by atoms with Crippen LogP contribution in [0.2, 0.25) is 0 Å². The van der Waals surface area contributed by atoms with Crippen molar-refractivity contribution in [2.24, 2.45) is 5.92 Å². The number of ether oxygens (including phenoxy) is 1. The Morgan fingerprint density at radius 3 is 2.56 bits per heavy atom.